The Morgan fingerprint density at radius 3 is 2.30 bits per heavy atom. The topological polar surface area (TPSA) is 99.3 Å². The first-order chi connectivity index (χ1) is 21.2. The van der Waals surface area contributed by atoms with Gasteiger partial charge < -0.3 is 16.0 Å². The molecule has 2 atom stereocenters. The summed E-state index contributed by atoms with van der Waals surface area (Å²) < 4.78 is 71.0. The highest BCUT2D eigenvalue weighted by Gasteiger charge is 2.45. The van der Waals surface area contributed by atoms with Gasteiger partial charge in [-0.05, 0) is 73.0 Å². The maximum atomic E-state index is 15.5. The molecule has 1 fully saturated rings. The average molecular weight is 623 g/mol. The smallest absolute Gasteiger partial charge is 0.247 e. The fraction of sp³-hybridized carbons (Fsp3) is 0.242. The number of benzene rings is 4. The van der Waals surface area contributed by atoms with Crippen molar-refractivity contribution in [1.29, 1.82) is 0 Å². The summed E-state index contributed by atoms with van der Waals surface area (Å²) in [5, 5.41) is 12.1. The van der Waals surface area contributed by atoms with E-state index < -0.39 is 44.1 Å². The fourth-order valence-corrected chi connectivity index (χ4v) is 7.35. The minimum atomic E-state index is -3.89. The van der Waals surface area contributed by atoms with Crippen molar-refractivity contribution in [3.63, 3.8) is 0 Å². The molecule has 1 amide bonds. The number of carbonyl (C=O) groups is 1. The number of halogens is 3. The second-order valence-electron chi connectivity index (χ2n) is 10.7. The lowest BCUT2D eigenvalue weighted by Gasteiger charge is -2.38. The van der Waals surface area contributed by atoms with Crippen LogP contribution >= 0.6 is 0 Å². The molecule has 0 spiro atoms. The summed E-state index contributed by atoms with van der Waals surface area (Å²) in [6.45, 7) is 1.12. The van der Waals surface area contributed by atoms with E-state index in [1.54, 1.807) is 30.3 Å². The SMILES string of the molecule is O=C(Nc1cccc(F)c1)[C@H](Cc1cccc(F)c1)Nc1cccc(F)c1CC[C@]1(S(=O)(=O)c2ccccc2)CNCCN1. The highest BCUT2D eigenvalue weighted by atomic mass is 32.2. The van der Waals surface area contributed by atoms with Crippen LogP contribution in [0.15, 0.2) is 102 Å². The second kappa shape index (κ2) is 13.6. The Morgan fingerprint density at radius 1 is 0.864 bits per heavy atom. The van der Waals surface area contributed by atoms with E-state index in [4.69, 9.17) is 0 Å². The van der Waals surface area contributed by atoms with Crippen LogP contribution in [0, 0.1) is 17.5 Å². The molecule has 0 unspecified atom stereocenters. The van der Waals surface area contributed by atoms with Crippen molar-refractivity contribution in [3.05, 3.63) is 126 Å². The number of rotatable bonds is 11. The van der Waals surface area contributed by atoms with Crippen LogP contribution in [0.4, 0.5) is 24.5 Å². The van der Waals surface area contributed by atoms with Gasteiger partial charge in [-0.1, -0.05) is 42.5 Å². The molecule has 1 aliphatic heterocycles. The molecular formula is C33H33F3N4O3S. The van der Waals surface area contributed by atoms with E-state index in [0.29, 0.717) is 18.7 Å². The summed E-state index contributed by atoms with van der Waals surface area (Å²) in [6, 6.07) is 22.7. The summed E-state index contributed by atoms with van der Waals surface area (Å²) in [6.07, 6.45) is 0.0947. The molecule has 0 aromatic heterocycles. The lowest BCUT2D eigenvalue weighted by Crippen LogP contribution is -2.63. The van der Waals surface area contributed by atoms with Gasteiger partial charge in [0.15, 0.2) is 9.84 Å². The molecule has 0 radical (unpaired) electrons. The van der Waals surface area contributed by atoms with E-state index in [9.17, 15) is 22.0 Å². The van der Waals surface area contributed by atoms with Crippen molar-refractivity contribution in [1.82, 2.24) is 10.6 Å². The first-order valence-electron chi connectivity index (χ1n) is 14.3. The lowest BCUT2D eigenvalue weighted by molar-refractivity contribution is -0.116. The highest BCUT2D eigenvalue weighted by Crippen LogP contribution is 2.32. The van der Waals surface area contributed by atoms with Gasteiger partial charge in [-0.2, -0.15) is 0 Å². The van der Waals surface area contributed by atoms with Gasteiger partial charge in [-0.3, -0.25) is 10.1 Å². The molecule has 1 saturated heterocycles. The minimum absolute atomic E-state index is 0.0218. The Kier molecular flexibility index (Phi) is 9.68. The van der Waals surface area contributed by atoms with E-state index in [1.807, 2.05) is 0 Å². The van der Waals surface area contributed by atoms with Gasteiger partial charge in [0.1, 0.15) is 28.4 Å². The number of carbonyl (C=O) groups excluding carboxylic acids is 1. The molecule has 4 aromatic carbocycles. The molecule has 4 aromatic rings. The van der Waals surface area contributed by atoms with Gasteiger partial charge in [0.2, 0.25) is 5.91 Å². The van der Waals surface area contributed by atoms with Crippen LogP contribution in [0.2, 0.25) is 0 Å². The number of piperazine rings is 1. The van der Waals surface area contributed by atoms with Crippen molar-refractivity contribution in [2.75, 3.05) is 30.3 Å². The number of hydrogen-bond acceptors (Lipinski definition) is 6. The molecule has 230 valence electrons. The molecule has 7 nitrogen and oxygen atoms in total. The van der Waals surface area contributed by atoms with Crippen molar-refractivity contribution in [2.24, 2.45) is 0 Å². The number of sulfone groups is 1. The summed E-state index contributed by atoms with van der Waals surface area (Å²) in [5.74, 6) is -2.12. The first-order valence-corrected chi connectivity index (χ1v) is 15.8. The van der Waals surface area contributed by atoms with Crippen molar-refractivity contribution >= 4 is 27.1 Å². The minimum Gasteiger partial charge on any atom is -0.373 e. The van der Waals surface area contributed by atoms with Gasteiger partial charge in [0, 0.05) is 43.0 Å². The summed E-state index contributed by atoms with van der Waals surface area (Å²) in [4.78, 5) is 12.2. The lowest BCUT2D eigenvalue weighted by atomic mass is 9.99. The third kappa shape index (κ3) is 7.12. The highest BCUT2D eigenvalue weighted by molar-refractivity contribution is 7.92. The summed E-state index contributed by atoms with van der Waals surface area (Å²) >= 11 is 0. The first kappa shape index (κ1) is 31.2. The van der Waals surface area contributed by atoms with Gasteiger partial charge >= 0.3 is 0 Å². The molecule has 4 N–H and O–H groups in total. The molecule has 5 rings (SSSR count). The van der Waals surface area contributed by atoms with Gasteiger partial charge in [-0.25, -0.2) is 21.6 Å². The fourth-order valence-electron chi connectivity index (χ4n) is 5.43. The molecule has 44 heavy (non-hydrogen) atoms. The number of anilines is 2. The Labute approximate surface area is 254 Å². The predicted molar refractivity (Wildman–Crippen MR) is 164 cm³/mol. The van der Waals surface area contributed by atoms with Gasteiger partial charge in [0.05, 0.1) is 4.90 Å². The molecule has 1 heterocycles. The largest absolute Gasteiger partial charge is 0.373 e. The monoisotopic (exact) mass is 622 g/mol. The Hall–Kier alpha value is -4.19. The quantitative estimate of drug-likeness (QED) is 0.187. The zero-order valence-corrected chi connectivity index (χ0v) is 24.6. The summed E-state index contributed by atoms with van der Waals surface area (Å²) in [7, 11) is -3.89. The van der Waals surface area contributed by atoms with Crippen molar-refractivity contribution in [3.8, 4) is 0 Å². The van der Waals surface area contributed by atoms with E-state index in [1.165, 1.54) is 66.7 Å². The van der Waals surface area contributed by atoms with Crippen LogP contribution in [0.5, 0.6) is 0 Å². The van der Waals surface area contributed by atoms with E-state index >= 15 is 4.39 Å². The van der Waals surface area contributed by atoms with Gasteiger partial charge in [0.25, 0.3) is 0 Å². The van der Waals surface area contributed by atoms with Crippen LogP contribution in [0.1, 0.15) is 17.5 Å². The van der Waals surface area contributed by atoms with Crippen molar-refractivity contribution < 1.29 is 26.4 Å². The van der Waals surface area contributed by atoms with E-state index in [-0.39, 0.29) is 47.6 Å². The zero-order chi connectivity index (χ0) is 31.2. The van der Waals surface area contributed by atoms with Crippen LogP contribution in [-0.4, -0.2) is 44.9 Å². The second-order valence-corrected chi connectivity index (χ2v) is 13.0. The molecule has 0 bridgehead atoms. The predicted octanol–water partition coefficient (Wildman–Crippen LogP) is 5.06. The standard InChI is InChI=1S/C33H33F3N4O3S/c34-24-8-4-7-23(19-24)20-31(32(41)39-26-10-5-9-25(35)21-26)40-30-14-6-13-29(36)28(30)15-16-33(22-37-17-18-38-33)44(42,43)27-11-2-1-3-12-27/h1-14,19,21,31,37-38,40H,15-18,20,22H2,(H,39,41)/t31-,33-/m0/s1. The third-order valence-electron chi connectivity index (χ3n) is 7.69. The maximum Gasteiger partial charge on any atom is 0.247 e. The molecule has 1 aliphatic rings. The Bertz CT molecular complexity index is 1710. The molecule has 0 saturated carbocycles. The van der Waals surface area contributed by atoms with Crippen LogP contribution in [-0.2, 0) is 27.5 Å². The zero-order valence-electron chi connectivity index (χ0n) is 23.8. The molecule has 11 heteroatoms. The third-order valence-corrected chi connectivity index (χ3v) is 10.1. The number of amides is 1. The number of hydrogen-bond donors (Lipinski definition) is 4. The van der Waals surface area contributed by atoms with Crippen LogP contribution in [0.3, 0.4) is 0 Å². The normalized spacial score (nSPS) is 17.5. The average Bonchev–Trinajstić information content (AvgIpc) is 3.01. The Morgan fingerprint density at radius 2 is 1.59 bits per heavy atom. The van der Waals surface area contributed by atoms with Gasteiger partial charge in [-0.15, -0.1) is 0 Å². The Balaban J connectivity index is 1.44. The molecule has 0 aliphatic carbocycles. The van der Waals surface area contributed by atoms with E-state index in [0.717, 1.165) is 0 Å². The van der Waals surface area contributed by atoms with Crippen LogP contribution < -0.4 is 21.3 Å². The maximum absolute atomic E-state index is 15.5. The molecular weight excluding hydrogens is 589 g/mol. The van der Waals surface area contributed by atoms with Crippen LogP contribution in [0.25, 0.3) is 0 Å². The van der Waals surface area contributed by atoms with Crippen molar-refractivity contribution in [2.45, 2.75) is 35.1 Å². The van der Waals surface area contributed by atoms with E-state index in [2.05, 4.69) is 21.3 Å². The number of nitrogens with one attached hydrogen (secondary N) is 4. The summed E-state index contributed by atoms with van der Waals surface area (Å²) in [5.41, 5.74) is 1.23.